The van der Waals surface area contributed by atoms with Gasteiger partial charge in [-0.2, -0.15) is 5.26 Å². The van der Waals surface area contributed by atoms with Crippen LogP contribution in [0.4, 0.5) is 5.69 Å². The third-order valence-corrected chi connectivity index (χ3v) is 3.88. The highest BCUT2D eigenvalue weighted by Crippen LogP contribution is 2.21. The van der Waals surface area contributed by atoms with Crippen LogP contribution in [0.15, 0.2) is 42.6 Å². The highest BCUT2D eigenvalue weighted by Gasteiger charge is 2.20. The van der Waals surface area contributed by atoms with Gasteiger partial charge in [-0.1, -0.05) is 37.1 Å². The third kappa shape index (κ3) is 2.97. The number of aromatic nitrogens is 2. The van der Waals surface area contributed by atoms with Gasteiger partial charge in [0.25, 0.3) is 5.91 Å². The lowest BCUT2D eigenvalue weighted by Crippen LogP contribution is -2.17. The van der Waals surface area contributed by atoms with E-state index in [0.29, 0.717) is 39.7 Å². The Hall–Kier alpha value is -2.84. The van der Waals surface area contributed by atoms with Crippen LogP contribution in [0.3, 0.4) is 0 Å². The van der Waals surface area contributed by atoms with Crippen molar-refractivity contribution in [1.82, 2.24) is 9.38 Å². The molecule has 0 spiro atoms. The number of carbonyl (C=O) groups excluding carboxylic acids is 1. The molecule has 0 radical (unpaired) electrons. The van der Waals surface area contributed by atoms with E-state index in [2.05, 4.69) is 16.4 Å². The first-order valence-electron chi connectivity index (χ1n) is 7.61. The average molecular weight is 339 g/mol. The summed E-state index contributed by atoms with van der Waals surface area (Å²) in [6.45, 7) is 2.03. The second-order valence-electron chi connectivity index (χ2n) is 5.34. The molecule has 0 aliphatic heterocycles. The summed E-state index contributed by atoms with van der Waals surface area (Å²) in [5.74, 6) is -0.309. The van der Waals surface area contributed by atoms with Crippen LogP contribution < -0.4 is 5.32 Å². The van der Waals surface area contributed by atoms with E-state index in [-0.39, 0.29) is 5.91 Å². The Bertz CT molecular complexity index is 955. The molecular weight excluding hydrogens is 324 g/mol. The number of nitrogens with zero attached hydrogens (tertiary/aromatic N) is 3. The summed E-state index contributed by atoms with van der Waals surface area (Å²) in [7, 11) is 0. The number of carbonyl (C=O) groups is 1. The van der Waals surface area contributed by atoms with E-state index < -0.39 is 0 Å². The molecule has 0 aliphatic rings. The van der Waals surface area contributed by atoms with Crippen LogP contribution in [-0.4, -0.2) is 15.3 Å². The van der Waals surface area contributed by atoms with Gasteiger partial charge in [-0.25, -0.2) is 4.98 Å². The normalized spacial score (nSPS) is 10.5. The van der Waals surface area contributed by atoms with E-state index in [1.807, 2.05) is 6.92 Å². The summed E-state index contributed by atoms with van der Waals surface area (Å²) in [6.07, 6.45) is 3.22. The monoisotopic (exact) mass is 338 g/mol. The Balaban J connectivity index is 2.07. The van der Waals surface area contributed by atoms with Gasteiger partial charge in [0.15, 0.2) is 0 Å². The molecule has 0 unspecified atom stereocenters. The molecule has 0 aliphatic carbocycles. The molecule has 5 nitrogen and oxygen atoms in total. The van der Waals surface area contributed by atoms with Crippen molar-refractivity contribution in [3.8, 4) is 6.07 Å². The van der Waals surface area contributed by atoms with Crippen molar-refractivity contribution in [2.24, 2.45) is 0 Å². The van der Waals surface area contributed by atoms with Gasteiger partial charge < -0.3 is 5.32 Å². The van der Waals surface area contributed by atoms with Crippen molar-refractivity contribution in [2.45, 2.75) is 19.8 Å². The number of imidazole rings is 1. The number of benzene rings is 1. The molecule has 0 saturated heterocycles. The summed E-state index contributed by atoms with van der Waals surface area (Å²) in [5.41, 5.74) is 2.72. The number of amides is 1. The summed E-state index contributed by atoms with van der Waals surface area (Å²) in [5, 5.41) is 12.5. The number of halogens is 1. The Morgan fingerprint density at radius 3 is 2.88 bits per heavy atom. The van der Waals surface area contributed by atoms with Crippen LogP contribution in [0.25, 0.3) is 5.65 Å². The van der Waals surface area contributed by atoms with Crippen molar-refractivity contribution in [3.63, 3.8) is 0 Å². The summed E-state index contributed by atoms with van der Waals surface area (Å²) in [6, 6.07) is 12.5. The molecule has 120 valence electrons. The van der Waals surface area contributed by atoms with Crippen LogP contribution in [0.1, 0.15) is 35.1 Å². The number of aryl methyl sites for hydroxylation is 1. The van der Waals surface area contributed by atoms with Crippen molar-refractivity contribution in [3.05, 3.63) is 64.6 Å². The number of para-hydroxylation sites is 1. The number of pyridine rings is 1. The second kappa shape index (κ2) is 6.73. The Morgan fingerprint density at radius 1 is 1.33 bits per heavy atom. The first kappa shape index (κ1) is 16.0. The van der Waals surface area contributed by atoms with Gasteiger partial charge in [0.2, 0.25) is 0 Å². The lowest BCUT2D eigenvalue weighted by Gasteiger charge is -2.08. The molecule has 0 atom stereocenters. The predicted octanol–water partition coefficient (Wildman–Crippen LogP) is 4.06. The number of anilines is 1. The van der Waals surface area contributed by atoms with Gasteiger partial charge in [-0.15, -0.1) is 0 Å². The van der Waals surface area contributed by atoms with Crippen LogP contribution in [0, 0.1) is 11.3 Å². The zero-order valence-corrected chi connectivity index (χ0v) is 13.8. The minimum absolute atomic E-state index is 0.309. The molecule has 0 bridgehead atoms. The molecule has 3 rings (SSSR count). The number of nitrogens with one attached hydrogen (secondary N) is 1. The molecule has 2 heterocycles. The highest BCUT2D eigenvalue weighted by molar-refractivity contribution is 6.30. The molecule has 0 fully saturated rings. The van der Waals surface area contributed by atoms with Gasteiger partial charge >= 0.3 is 0 Å². The Kier molecular flexibility index (Phi) is 4.50. The van der Waals surface area contributed by atoms with Crippen LogP contribution in [0.2, 0.25) is 5.02 Å². The van der Waals surface area contributed by atoms with Gasteiger partial charge in [-0.3, -0.25) is 9.20 Å². The molecule has 6 heteroatoms. The van der Waals surface area contributed by atoms with Crippen molar-refractivity contribution < 1.29 is 4.79 Å². The number of fused-ring (bicyclic) bond motifs is 1. The molecule has 1 amide bonds. The van der Waals surface area contributed by atoms with Crippen LogP contribution in [0.5, 0.6) is 0 Å². The first-order valence-corrected chi connectivity index (χ1v) is 7.98. The van der Waals surface area contributed by atoms with E-state index in [9.17, 15) is 10.1 Å². The smallest absolute Gasteiger partial charge is 0.274 e. The average Bonchev–Trinajstić information content (AvgIpc) is 2.93. The number of hydrogen-bond acceptors (Lipinski definition) is 3. The molecular formula is C18H15ClN4O. The first-order chi connectivity index (χ1) is 11.6. The topological polar surface area (TPSA) is 70.2 Å². The van der Waals surface area contributed by atoms with Crippen LogP contribution in [-0.2, 0) is 6.42 Å². The van der Waals surface area contributed by atoms with Crippen molar-refractivity contribution >= 4 is 28.8 Å². The maximum atomic E-state index is 12.8. The zero-order chi connectivity index (χ0) is 17.1. The standard InChI is InChI=1S/C18H15ClN4O/c1-2-5-15-17(23-11-13(19)8-9-16(23)21-15)18(24)22-14-7-4-3-6-12(14)10-20/h3-4,6-9,11H,2,5H2,1H3,(H,22,24). The van der Waals surface area contributed by atoms with Crippen molar-refractivity contribution in [1.29, 1.82) is 5.26 Å². The fourth-order valence-electron chi connectivity index (χ4n) is 2.59. The van der Waals surface area contributed by atoms with E-state index in [0.717, 1.165) is 6.42 Å². The number of hydrogen-bond donors (Lipinski definition) is 1. The minimum Gasteiger partial charge on any atom is -0.319 e. The van der Waals surface area contributed by atoms with E-state index in [4.69, 9.17) is 11.6 Å². The van der Waals surface area contributed by atoms with Gasteiger partial charge in [-0.05, 0) is 30.7 Å². The SMILES string of the molecule is CCCc1nc2ccc(Cl)cn2c1C(=O)Nc1ccccc1C#N. The second-order valence-corrected chi connectivity index (χ2v) is 5.78. The summed E-state index contributed by atoms with van der Waals surface area (Å²) in [4.78, 5) is 17.4. The maximum absolute atomic E-state index is 12.8. The van der Waals surface area contributed by atoms with Gasteiger partial charge in [0, 0.05) is 6.20 Å². The Morgan fingerprint density at radius 2 is 2.12 bits per heavy atom. The molecule has 24 heavy (non-hydrogen) atoms. The number of nitriles is 1. The van der Waals surface area contributed by atoms with E-state index in [1.54, 1.807) is 47.0 Å². The molecule has 3 aromatic rings. The fourth-order valence-corrected chi connectivity index (χ4v) is 2.75. The zero-order valence-electron chi connectivity index (χ0n) is 13.1. The molecule has 1 aromatic carbocycles. The molecule has 0 saturated carbocycles. The minimum atomic E-state index is -0.309. The van der Waals surface area contributed by atoms with Gasteiger partial charge in [0.1, 0.15) is 17.4 Å². The largest absolute Gasteiger partial charge is 0.319 e. The summed E-state index contributed by atoms with van der Waals surface area (Å²) < 4.78 is 1.69. The van der Waals surface area contributed by atoms with Crippen LogP contribution >= 0.6 is 11.6 Å². The quantitative estimate of drug-likeness (QED) is 0.779. The maximum Gasteiger partial charge on any atom is 0.274 e. The molecule has 2 aromatic heterocycles. The third-order valence-electron chi connectivity index (χ3n) is 3.65. The fraction of sp³-hybridized carbons (Fsp3) is 0.167. The lowest BCUT2D eigenvalue weighted by atomic mass is 10.1. The number of rotatable bonds is 4. The molecule has 1 N–H and O–H groups in total. The highest BCUT2D eigenvalue weighted by atomic mass is 35.5. The summed E-state index contributed by atoms with van der Waals surface area (Å²) >= 11 is 6.07. The van der Waals surface area contributed by atoms with E-state index >= 15 is 0 Å². The van der Waals surface area contributed by atoms with Gasteiger partial charge in [0.05, 0.1) is 22.0 Å². The Labute approximate surface area is 144 Å². The predicted molar refractivity (Wildman–Crippen MR) is 93.3 cm³/mol. The van der Waals surface area contributed by atoms with E-state index in [1.165, 1.54) is 0 Å². The van der Waals surface area contributed by atoms with Crippen molar-refractivity contribution in [2.75, 3.05) is 5.32 Å². The lowest BCUT2D eigenvalue weighted by molar-refractivity contribution is 0.102.